The maximum Gasteiger partial charge on any atom is 0.331 e. The highest BCUT2D eigenvalue weighted by Crippen LogP contribution is 1.85. The molecule has 0 unspecified atom stereocenters. The van der Waals surface area contributed by atoms with E-state index in [9.17, 15) is 9.59 Å². The van der Waals surface area contributed by atoms with Gasteiger partial charge in [0.2, 0.25) is 6.08 Å². The Morgan fingerprint density at radius 3 is 2.44 bits per heavy atom. The number of aliphatic hydroxyl groups excluding tert-OH is 1. The summed E-state index contributed by atoms with van der Waals surface area (Å²) in [7, 11) is 0. The van der Waals surface area contributed by atoms with Crippen LogP contribution in [-0.4, -0.2) is 34.9 Å². The number of nitrogens with zero attached hydrogens (tertiary/aromatic N) is 1. The van der Waals surface area contributed by atoms with E-state index >= 15 is 0 Å². The zero-order valence-electron chi connectivity index (χ0n) is 4.44. The Balaban J connectivity index is 3.98. The van der Waals surface area contributed by atoms with E-state index in [2.05, 4.69) is 4.99 Å². The molecule has 0 saturated carbocycles. The van der Waals surface area contributed by atoms with Crippen molar-refractivity contribution in [1.82, 2.24) is 0 Å². The maximum absolute atomic E-state index is 9.89. The Hall–Kier alpha value is -1.19. The first kappa shape index (κ1) is 7.81. The summed E-state index contributed by atoms with van der Waals surface area (Å²) in [6.45, 7) is -0.676. The Kier molecular flexibility index (Phi) is 3.27. The molecule has 5 heteroatoms. The van der Waals surface area contributed by atoms with Crippen molar-refractivity contribution in [2.24, 2.45) is 4.99 Å². The Morgan fingerprint density at radius 1 is 1.78 bits per heavy atom. The number of rotatable bonds is 3. The molecule has 1 atom stereocenters. The Bertz CT molecular complexity index is 147. The van der Waals surface area contributed by atoms with Crippen molar-refractivity contribution in [2.75, 3.05) is 6.61 Å². The van der Waals surface area contributed by atoms with Gasteiger partial charge < -0.3 is 10.2 Å². The third kappa shape index (κ3) is 2.58. The van der Waals surface area contributed by atoms with Gasteiger partial charge in [-0.3, -0.25) is 0 Å². The molecular weight excluding hydrogens is 126 g/mol. The number of aliphatic hydroxyl groups is 1. The fourth-order valence-corrected chi connectivity index (χ4v) is 0.238. The van der Waals surface area contributed by atoms with Crippen molar-refractivity contribution in [3.63, 3.8) is 0 Å². The van der Waals surface area contributed by atoms with Crippen molar-refractivity contribution in [3.05, 3.63) is 0 Å². The lowest BCUT2D eigenvalue weighted by Gasteiger charge is -1.96. The highest BCUT2D eigenvalue weighted by atomic mass is 16.4. The van der Waals surface area contributed by atoms with E-state index in [-0.39, 0.29) is 0 Å². The summed E-state index contributed by atoms with van der Waals surface area (Å²) >= 11 is 0. The molecule has 0 rings (SSSR count). The summed E-state index contributed by atoms with van der Waals surface area (Å²) in [6, 6.07) is -1.36. The van der Waals surface area contributed by atoms with Crippen LogP contribution in [-0.2, 0) is 9.59 Å². The van der Waals surface area contributed by atoms with Crippen molar-refractivity contribution in [3.8, 4) is 0 Å². The predicted octanol–water partition coefficient (Wildman–Crippen LogP) is -1.23. The van der Waals surface area contributed by atoms with Gasteiger partial charge >= 0.3 is 5.97 Å². The van der Waals surface area contributed by atoms with Crippen LogP contribution in [0.3, 0.4) is 0 Å². The summed E-state index contributed by atoms with van der Waals surface area (Å²) in [5.41, 5.74) is 0. The van der Waals surface area contributed by atoms with Gasteiger partial charge in [-0.1, -0.05) is 0 Å². The van der Waals surface area contributed by atoms with Gasteiger partial charge in [0.05, 0.1) is 6.61 Å². The second-order valence-electron chi connectivity index (χ2n) is 1.26. The predicted molar refractivity (Wildman–Crippen MR) is 26.6 cm³/mol. The lowest BCUT2D eigenvalue weighted by atomic mass is 10.3. The number of carbonyl (C=O) groups excluding carboxylic acids is 1. The topological polar surface area (TPSA) is 87.0 Å². The molecule has 0 aliphatic rings. The molecule has 0 bridgehead atoms. The van der Waals surface area contributed by atoms with E-state index in [1.807, 2.05) is 0 Å². The molecule has 0 amide bonds. The van der Waals surface area contributed by atoms with Gasteiger partial charge in [-0.05, 0) is 0 Å². The minimum atomic E-state index is -1.36. The van der Waals surface area contributed by atoms with Crippen LogP contribution in [0.5, 0.6) is 0 Å². The quantitative estimate of drug-likeness (QED) is 0.370. The van der Waals surface area contributed by atoms with Crippen LogP contribution < -0.4 is 0 Å². The second-order valence-corrected chi connectivity index (χ2v) is 1.26. The molecule has 0 aromatic carbocycles. The maximum atomic E-state index is 9.89. The van der Waals surface area contributed by atoms with Crippen LogP contribution in [0.1, 0.15) is 0 Å². The van der Waals surface area contributed by atoms with E-state index < -0.39 is 18.6 Å². The molecule has 0 aliphatic carbocycles. The van der Waals surface area contributed by atoms with Crippen molar-refractivity contribution < 1.29 is 19.8 Å². The highest BCUT2D eigenvalue weighted by molar-refractivity contribution is 5.74. The molecule has 0 fully saturated rings. The van der Waals surface area contributed by atoms with Crippen LogP contribution in [0.2, 0.25) is 0 Å². The smallest absolute Gasteiger partial charge is 0.331 e. The highest BCUT2D eigenvalue weighted by Gasteiger charge is 2.13. The second kappa shape index (κ2) is 3.77. The van der Waals surface area contributed by atoms with E-state index in [0.29, 0.717) is 0 Å². The number of hydrogen-bond acceptors (Lipinski definition) is 4. The van der Waals surface area contributed by atoms with Gasteiger partial charge in [-0.15, -0.1) is 0 Å². The normalized spacial score (nSPS) is 11.7. The first-order chi connectivity index (χ1) is 4.22. The number of aliphatic imine (C=N–C) groups is 1. The van der Waals surface area contributed by atoms with Crippen LogP contribution >= 0.6 is 0 Å². The van der Waals surface area contributed by atoms with Gasteiger partial charge in [0.25, 0.3) is 0 Å². The van der Waals surface area contributed by atoms with Crippen molar-refractivity contribution in [2.45, 2.75) is 6.04 Å². The zero-order valence-corrected chi connectivity index (χ0v) is 4.44. The summed E-state index contributed by atoms with van der Waals surface area (Å²) in [6.07, 6.45) is 1.03. The average molecular weight is 131 g/mol. The van der Waals surface area contributed by atoms with Gasteiger partial charge in [-0.2, -0.15) is 4.99 Å². The third-order valence-corrected chi connectivity index (χ3v) is 0.667. The van der Waals surface area contributed by atoms with Crippen LogP contribution in [0.4, 0.5) is 0 Å². The largest absolute Gasteiger partial charge is 0.480 e. The minimum Gasteiger partial charge on any atom is -0.480 e. The average Bonchev–Trinajstić information content (AvgIpc) is 1.82. The van der Waals surface area contributed by atoms with Crippen molar-refractivity contribution in [1.29, 1.82) is 0 Å². The molecule has 0 spiro atoms. The first-order valence-electron chi connectivity index (χ1n) is 2.13. The number of aliphatic carboxylic acids is 1. The summed E-state index contributed by atoms with van der Waals surface area (Å²) in [5.74, 6) is -1.33. The van der Waals surface area contributed by atoms with E-state index in [4.69, 9.17) is 10.2 Å². The number of isocyanates is 1. The number of carboxylic acids is 1. The number of hydrogen-bond donors (Lipinski definition) is 2. The lowest BCUT2D eigenvalue weighted by Crippen LogP contribution is -2.21. The molecule has 0 aromatic heterocycles. The minimum absolute atomic E-state index is 0.676. The molecule has 0 heterocycles. The summed E-state index contributed by atoms with van der Waals surface area (Å²) < 4.78 is 0. The SMILES string of the molecule is O=C=N[C@@H](CO)C(=O)O. The van der Waals surface area contributed by atoms with Gasteiger partial charge in [0.15, 0.2) is 6.04 Å². The van der Waals surface area contributed by atoms with Crippen LogP contribution in [0, 0.1) is 0 Å². The lowest BCUT2D eigenvalue weighted by molar-refractivity contribution is -0.139. The summed E-state index contributed by atoms with van der Waals surface area (Å²) in [5, 5.41) is 16.2. The van der Waals surface area contributed by atoms with Gasteiger partial charge in [-0.25, -0.2) is 9.59 Å². The standard InChI is InChI=1S/C4H5NO4/c6-1-3(4(8)9)5-2-7/h3,6H,1H2,(H,8,9)/t3-/m0/s1. The molecule has 5 nitrogen and oxygen atoms in total. The molecule has 0 aliphatic heterocycles. The molecule has 0 saturated heterocycles. The Labute approximate surface area is 50.6 Å². The zero-order chi connectivity index (χ0) is 7.28. The van der Waals surface area contributed by atoms with Gasteiger partial charge in [0.1, 0.15) is 0 Å². The molecule has 50 valence electrons. The van der Waals surface area contributed by atoms with Crippen molar-refractivity contribution >= 4 is 12.0 Å². The van der Waals surface area contributed by atoms with Crippen LogP contribution in [0.15, 0.2) is 4.99 Å². The molecular formula is C4H5NO4. The van der Waals surface area contributed by atoms with E-state index in [1.165, 1.54) is 0 Å². The fourth-order valence-electron chi connectivity index (χ4n) is 0.238. The summed E-state index contributed by atoms with van der Waals surface area (Å²) in [4.78, 5) is 22.1. The Morgan fingerprint density at radius 2 is 2.33 bits per heavy atom. The van der Waals surface area contributed by atoms with E-state index in [0.717, 1.165) is 6.08 Å². The fraction of sp³-hybridized carbons (Fsp3) is 0.500. The van der Waals surface area contributed by atoms with E-state index in [1.54, 1.807) is 0 Å². The third-order valence-electron chi connectivity index (χ3n) is 0.667. The number of carboxylic acid groups (broad SMARTS) is 1. The molecule has 9 heavy (non-hydrogen) atoms. The first-order valence-corrected chi connectivity index (χ1v) is 2.13. The van der Waals surface area contributed by atoms with Crippen LogP contribution in [0.25, 0.3) is 0 Å². The monoisotopic (exact) mass is 131 g/mol. The molecule has 0 radical (unpaired) electrons. The molecule has 2 N–H and O–H groups in total. The molecule has 0 aromatic rings. The van der Waals surface area contributed by atoms with Gasteiger partial charge in [0, 0.05) is 0 Å². The number of carbonyl (C=O) groups is 1.